The lowest BCUT2D eigenvalue weighted by Gasteiger charge is -2.39. The van der Waals surface area contributed by atoms with Crippen molar-refractivity contribution in [3.05, 3.63) is 46.6 Å². The van der Waals surface area contributed by atoms with E-state index in [0.29, 0.717) is 0 Å². The van der Waals surface area contributed by atoms with Crippen LogP contribution in [0.25, 0.3) is 0 Å². The quantitative estimate of drug-likeness (QED) is 0.581. The van der Waals surface area contributed by atoms with Crippen LogP contribution in [0.3, 0.4) is 0 Å². The van der Waals surface area contributed by atoms with Crippen LogP contribution in [0.1, 0.15) is 27.2 Å². The number of nitrogens with one attached hydrogen (secondary N) is 1. The molecule has 1 aliphatic rings. The van der Waals surface area contributed by atoms with Crippen LogP contribution in [0.4, 0.5) is 5.82 Å². The molecule has 1 amide bonds. The minimum absolute atomic E-state index is 0.0256. The van der Waals surface area contributed by atoms with Gasteiger partial charge in [-0.05, 0) is 37.6 Å². The van der Waals surface area contributed by atoms with Crippen molar-refractivity contribution in [3.8, 4) is 6.07 Å². The number of nitriles is 1. The Kier molecular flexibility index (Phi) is 6.18. The number of anilines is 1. The molecule has 1 aromatic heterocycles. The highest BCUT2D eigenvalue weighted by Gasteiger charge is 2.37. The molecule has 2 aromatic rings. The van der Waals surface area contributed by atoms with Crippen molar-refractivity contribution in [2.45, 2.75) is 23.6 Å². The largest absolute Gasteiger partial charge is 0.478 e. The number of carboxylic acid groups (broad SMARTS) is 1. The van der Waals surface area contributed by atoms with Gasteiger partial charge in [0, 0.05) is 19.3 Å². The Morgan fingerprint density at radius 2 is 1.82 bits per heavy atom. The van der Waals surface area contributed by atoms with E-state index in [9.17, 15) is 36.8 Å². The second-order valence-corrected chi connectivity index (χ2v) is 11.3. The van der Waals surface area contributed by atoms with Gasteiger partial charge in [-0.15, -0.1) is 0 Å². The Hall–Kier alpha value is -3.50. The number of sulfonamides is 1. The van der Waals surface area contributed by atoms with Crippen LogP contribution in [0.2, 0.25) is 0 Å². The zero-order valence-electron chi connectivity index (χ0n) is 17.9. The standard InChI is InChI=1S/C20H20N4O7S2/c1-11-4-5-15(32(3,28)29)7-17(11)33(30,31)23-19(25)14-9-24(10-14)18-13(8-21)6-16(20(26)27)12(2)22-18/h4-7,14H,9-10H2,1-3H3,(H,23,25)(H,26,27). The first-order chi connectivity index (χ1) is 15.2. The zero-order chi connectivity index (χ0) is 24.7. The fraction of sp³-hybridized carbons (Fsp3) is 0.300. The number of amides is 1. The smallest absolute Gasteiger partial charge is 0.337 e. The zero-order valence-corrected chi connectivity index (χ0v) is 19.5. The fourth-order valence-electron chi connectivity index (χ4n) is 3.32. The molecule has 0 radical (unpaired) electrons. The summed E-state index contributed by atoms with van der Waals surface area (Å²) in [5.41, 5.74) is 0.392. The van der Waals surface area contributed by atoms with Crippen LogP contribution in [-0.2, 0) is 24.7 Å². The summed E-state index contributed by atoms with van der Waals surface area (Å²) in [6, 6.07) is 6.72. The van der Waals surface area contributed by atoms with Gasteiger partial charge in [0.05, 0.1) is 32.5 Å². The van der Waals surface area contributed by atoms with E-state index >= 15 is 0 Å². The van der Waals surface area contributed by atoms with E-state index in [1.54, 1.807) is 4.90 Å². The van der Waals surface area contributed by atoms with Crippen LogP contribution >= 0.6 is 0 Å². The lowest BCUT2D eigenvalue weighted by atomic mass is 9.98. The first kappa shape index (κ1) is 24.1. The number of carbonyl (C=O) groups is 2. The van der Waals surface area contributed by atoms with Gasteiger partial charge in [0.15, 0.2) is 9.84 Å². The molecule has 0 spiro atoms. The third-order valence-electron chi connectivity index (χ3n) is 5.21. The Labute approximate surface area is 190 Å². The lowest BCUT2D eigenvalue weighted by molar-refractivity contribution is -0.123. The fourth-order valence-corrected chi connectivity index (χ4v) is 5.36. The van der Waals surface area contributed by atoms with Gasteiger partial charge in [-0.25, -0.2) is 31.3 Å². The predicted octanol–water partition coefficient (Wildman–Crippen LogP) is 0.613. The van der Waals surface area contributed by atoms with E-state index in [4.69, 9.17) is 0 Å². The van der Waals surface area contributed by atoms with Crippen molar-refractivity contribution >= 4 is 37.6 Å². The molecule has 0 aliphatic carbocycles. The highest BCUT2D eigenvalue weighted by molar-refractivity contribution is 7.91. The molecular formula is C20H20N4O7S2. The Morgan fingerprint density at radius 3 is 2.36 bits per heavy atom. The van der Waals surface area contributed by atoms with Crippen molar-refractivity contribution < 1.29 is 31.5 Å². The number of nitrogens with zero attached hydrogens (tertiary/aromatic N) is 3. The van der Waals surface area contributed by atoms with E-state index in [-0.39, 0.29) is 51.1 Å². The van der Waals surface area contributed by atoms with Crippen molar-refractivity contribution in [2.24, 2.45) is 5.92 Å². The number of rotatable bonds is 6. The molecule has 174 valence electrons. The molecule has 0 saturated carbocycles. The van der Waals surface area contributed by atoms with Crippen molar-refractivity contribution in [1.82, 2.24) is 9.71 Å². The number of carboxylic acids is 1. The number of aryl methyl sites for hydroxylation is 2. The van der Waals surface area contributed by atoms with E-state index < -0.39 is 37.7 Å². The number of benzene rings is 1. The van der Waals surface area contributed by atoms with Gasteiger partial charge in [0.2, 0.25) is 5.91 Å². The van der Waals surface area contributed by atoms with Gasteiger partial charge in [-0.1, -0.05) is 6.07 Å². The topological polar surface area (TPSA) is 175 Å². The maximum absolute atomic E-state index is 12.7. The first-order valence-electron chi connectivity index (χ1n) is 9.52. The first-order valence-corrected chi connectivity index (χ1v) is 12.9. The van der Waals surface area contributed by atoms with Crippen LogP contribution in [-0.4, -0.2) is 58.1 Å². The summed E-state index contributed by atoms with van der Waals surface area (Å²) >= 11 is 0. The highest BCUT2D eigenvalue weighted by Crippen LogP contribution is 2.28. The summed E-state index contributed by atoms with van der Waals surface area (Å²) in [7, 11) is -7.98. The number of hydrogen-bond acceptors (Lipinski definition) is 9. The molecule has 2 N–H and O–H groups in total. The predicted molar refractivity (Wildman–Crippen MR) is 116 cm³/mol. The summed E-state index contributed by atoms with van der Waals surface area (Å²) in [4.78, 5) is 29.0. The van der Waals surface area contributed by atoms with Gasteiger partial charge in [0.25, 0.3) is 10.0 Å². The van der Waals surface area contributed by atoms with E-state index in [0.717, 1.165) is 12.3 Å². The molecule has 1 aliphatic heterocycles. The van der Waals surface area contributed by atoms with Crippen molar-refractivity contribution in [1.29, 1.82) is 5.26 Å². The normalized spacial score (nSPS) is 14.3. The van der Waals surface area contributed by atoms with Crippen molar-refractivity contribution in [3.63, 3.8) is 0 Å². The Balaban J connectivity index is 1.77. The van der Waals surface area contributed by atoms with Crippen LogP contribution < -0.4 is 9.62 Å². The molecule has 33 heavy (non-hydrogen) atoms. The summed E-state index contributed by atoms with van der Waals surface area (Å²) in [5, 5.41) is 18.5. The van der Waals surface area contributed by atoms with E-state index in [1.807, 2.05) is 10.8 Å². The molecule has 11 nitrogen and oxygen atoms in total. The van der Waals surface area contributed by atoms with Gasteiger partial charge in [-0.3, -0.25) is 4.79 Å². The summed E-state index contributed by atoms with van der Waals surface area (Å²) in [6.07, 6.45) is 0.948. The minimum atomic E-state index is -4.33. The van der Waals surface area contributed by atoms with Gasteiger partial charge in [0.1, 0.15) is 11.9 Å². The third-order valence-corrected chi connectivity index (χ3v) is 7.81. The van der Waals surface area contributed by atoms with Gasteiger partial charge in [-0.2, -0.15) is 5.26 Å². The molecule has 0 unspecified atom stereocenters. The second-order valence-electron chi connectivity index (χ2n) is 7.68. The number of hydrogen-bond donors (Lipinski definition) is 2. The van der Waals surface area contributed by atoms with Crippen molar-refractivity contribution in [2.75, 3.05) is 24.2 Å². The SMILES string of the molecule is Cc1ccc(S(C)(=O)=O)cc1S(=O)(=O)NC(=O)C1CN(c2nc(C)c(C(=O)O)cc2C#N)C1. The summed E-state index contributed by atoms with van der Waals surface area (Å²) < 4.78 is 51.0. The highest BCUT2D eigenvalue weighted by atomic mass is 32.2. The number of carbonyl (C=O) groups excluding carboxylic acids is 1. The molecule has 0 atom stereocenters. The van der Waals surface area contributed by atoms with Gasteiger partial charge >= 0.3 is 5.97 Å². The molecule has 1 saturated heterocycles. The molecule has 3 rings (SSSR count). The second kappa shape index (κ2) is 8.45. The third kappa shape index (κ3) is 4.81. The lowest BCUT2D eigenvalue weighted by Crippen LogP contribution is -2.55. The molecule has 13 heteroatoms. The van der Waals surface area contributed by atoms with E-state index in [2.05, 4.69) is 4.98 Å². The van der Waals surface area contributed by atoms with Crippen LogP contribution in [0.15, 0.2) is 34.1 Å². The van der Waals surface area contributed by atoms with E-state index in [1.165, 1.54) is 32.0 Å². The Morgan fingerprint density at radius 1 is 1.18 bits per heavy atom. The molecule has 1 aromatic carbocycles. The Bertz CT molecular complexity index is 1420. The van der Waals surface area contributed by atoms with Gasteiger partial charge < -0.3 is 10.0 Å². The number of aromatic carboxylic acids is 1. The number of aromatic nitrogens is 1. The monoisotopic (exact) mass is 492 g/mol. The average molecular weight is 493 g/mol. The number of pyridine rings is 1. The maximum Gasteiger partial charge on any atom is 0.337 e. The maximum atomic E-state index is 12.7. The van der Waals surface area contributed by atoms with Crippen LogP contribution in [0.5, 0.6) is 0 Å². The van der Waals surface area contributed by atoms with Crippen LogP contribution in [0, 0.1) is 31.1 Å². The average Bonchev–Trinajstić information content (AvgIpc) is 2.65. The number of sulfone groups is 1. The molecular weight excluding hydrogens is 472 g/mol. The molecule has 0 bridgehead atoms. The summed E-state index contributed by atoms with van der Waals surface area (Å²) in [6.45, 7) is 3.10. The minimum Gasteiger partial charge on any atom is -0.478 e. The summed E-state index contributed by atoms with van der Waals surface area (Å²) in [5.74, 6) is -2.52. The molecule has 2 heterocycles. The molecule has 1 fully saturated rings.